The number of rotatable bonds is 9. The predicted octanol–water partition coefficient (Wildman–Crippen LogP) is 3.70. The lowest BCUT2D eigenvalue weighted by Gasteiger charge is -2.22. The number of nitrogens with zero attached hydrogens (tertiary/aromatic N) is 2. The Morgan fingerprint density at radius 3 is 2.63 bits per heavy atom. The maximum absolute atomic E-state index is 13.7. The molecule has 0 radical (unpaired) electrons. The van der Waals surface area contributed by atoms with Crippen molar-refractivity contribution in [2.75, 3.05) is 37.0 Å². The molecule has 0 unspecified atom stereocenters. The Labute approximate surface area is 224 Å². The summed E-state index contributed by atoms with van der Waals surface area (Å²) in [6, 6.07) is 13.3. The van der Waals surface area contributed by atoms with Gasteiger partial charge >= 0.3 is 5.97 Å². The number of amides is 1. The summed E-state index contributed by atoms with van der Waals surface area (Å²) in [6.45, 7) is -0.263. The minimum atomic E-state index is -4.03. The Morgan fingerprint density at radius 1 is 1.13 bits per heavy atom. The zero-order chi connectivity index (χ0) is 27.3. The lowest BCUT2D eigenvalue weighted by molar-refractivity contribution is -0.142. The van der Waals surface area contributed by atoms with Crippen LogP contribution in [0.2, 0.25) is 5.02 Å². The standard InChI is InChI=1S/C26H24ClN3O7S/c1-35-21-13-17(7-10-25(32)37-16-24(31)29-23-9-8-19(27)15-28-23)14-22(26(21)36-2)38(33,34)30-12-11-18-5-3-4-6-20(18)30/h3-10,13-15H,11-12,16H2,1-2H3,(H,28,29,31). The molecule has 12 heteroatoms. The zero-order valence-electron chi connectivity index (χ0n) is 20.5. The number of sulfonamides is 1. The summed E-state index contributed by atoms with van der Waals surface area (Å²) in [6.07, 6.45) is 4.39. The zero-order valence-corrected chi connectivity index (χ0v) is 22.1. The van der Waals surface area contributed by atoms with Gasteiger partial charge in [0.1, 0.15) is 10.7 Å². The number of anilines is 2. The van der Waals surface area contributed by atoms with Crippen LogP contribution in [0, 0.1) is 0 Å². The fourth-order valence-corrected chi connectivity index (χ4v) is 5.71. The van der Waals surface area contributed by atoms with Crippen LogP contribution in [0.25, 0.3) is 6.08 Å². The van der Waals surface area contributed by atoms with E-state index in [1.807, 2.05) is 12.1 Å². The fourth-order valence-electron chi connectivity index (χ4n) is 3.89. The third-order valence-corrected chi connectivity index (χ3v) is 7.67. The summed E-state index contributed by atoms with van der Waals surface area (Å²) in [5.74, 6) is -0.928. The Bertz CT molecular complexity index is 1490. The van der Waals surface area contributed by atoms with Gasteiger partial charge in [-0.3, -0.25) is 9.10 Å². The lowest BCUT2D eigenvalue weighted by Crippen LogP contribution is -2.29. The Hall–Kier alpha value is -4.09. The van der Waals surface area contributed by atoms with Gasteiger partial charge in [0.15, 0.2) is 18.1 Å². The highest BCUT2D eigenvalue weighted by atomic mass is 35.5. The number of para-hydroxylation sites is 1. The second-order valence-electron chi connectivity index (χ2n) is 8.06. The van der Waals surface area contributed by atoms with E-state index in [1.165, 1.54) is 49.0 Å². The molecule has 1 aromatic heterocycles. The summed E-state index contributed by atoms with van der Waals surface area (Å²) in [5, 5.41) is 2.89. The summed E-state index contributed by atoms with van der Waals surface area (Å²) in [7, 11) is -1.29. The van der Waals surface area contributed by atoms with Crippen molar-refractivity contribution in [1.82, 2.24) is 4.98 Å². The largest absolute Gasteiger partial charge is 0.493 e. The molecule has 0 spiro atoms. The number of carbonyl (C=O) groups excluding carboxylic acids is 2. The minimum Gasteiger partial charge on any atom is -0.493 e. The molecule has 0 atom stereocenters. The second-order valence-corrected chi connectivity index (χ2v) is 10.3. The Balaban J connectivity index is 1.51. The summed E-state index contributed by atoms with van der Waals surface area (Å²) < 4.78 is 44.5. The summed E-state index contributed by atoms with van der Waals surface area (Å²) in [4.78, 5) is 28.0. The SMILES string of the molecule is COc1cc(C=CC(=O)OCC(=O)Nc2ccc(Cl)cn2)cc(S(=O)(=O)N2CCc3ccccc32)c1OC. The molecule has 0 bridgehead atoms. The number of pyridine rings is 1. The van der Waals surface area contributed by atoms with E-state index < -0.39 is 28.5 Å². The van der Waals surface area contributed by atoms with Crippen LogP contribution >= 0.6 is 11.6 Å². The van der Waals surface area contributed by atoms with Crippen molar-refractivity contribution in [3.8, 4) is 11.5 Å². The first-order valence-corrected chi connectivity index (χ1v) is 13.2. The van der Waals surface area contributed by atoms with Crippen molar-refractivity contribution >= 4 is 51.1 Å². The molecule has 198 valence electrons. The highest BCUT2D eigenvalue weighted by molar-refractivity contribution is 7.93. The predicted molar refractivity (Wildman–Crippen MR) is 142 cm³/mol. The number of methoxy groups -OCH3 is 2. The number of esters is 1. The average molecular weight is 558 g/mol. The highest BCUT2D eigenvalue weighted by Crippen LogP contribution is 2.40. The highest BCUT2D eigenvalue weighted by Gasteiger charge is 2.34. The van der Waals surface area contributed by atoms with Crippen LogP contribution in [0.15, 0.2) is 65.7 Å². The number of carbonyl (C=O) groups is 2. The van der Waals surface area contributed by atoms with Crippen LogP contribution in [0.5, 0.6) is 11.5 Å². The monoisotopic (exact) mass is 557 g/mol. The molecule has 1 aliphatic rings. The molecule has 38 heavy (non-hydrogen) atoms. The second kappa shape index (κ2) is 11.5. The molecule has 0 saturated heterocycles. The molecule has 0 aliphatic carbocycles. The smallest absolute Gasteiger partial charge is 0.331 e. The molecule has 1 amide bonds. The minimum absolute atomic E-state index is 0.0455. The van der Waals surface area contributed by atoms with E-state index in [-0.39, 0.29) is 28.8 Å². The fraction of sp³-hybridized carbons (Fsp3) is 0.192. The van der Waals surface area contributed by atoms with E-state index in [0.717, 1.165) is 11.6 Å². The van der Waals surface area contributed by atoms with Crippen LogP contribution in [0.1, 0.15) is 11.1 Å². The topological polar surface area (TPSA) is 124 Å². The first-order valence-electron chi connectivity index (χ1n) is 11.4. The Morgan fingerprint density at radius 2 is 1.92 bits per heavy atom. The normalized spacial score (nSPS) is 12.8. The van der Waals surface area contributed by atoms with Gasteiger partial charge in [0.25, 0.3) is 15.9 Å². The molecular weight excluding hydrogens is 534 g/mol. The molecule has 2 heterocycles. The number of aromatic nitrogens is 1. The summed E-state index contributed by atoms with van der Waals surface area (Å²) in [5.41, 5.74) is 1.88. The first kappa shape index (κ1) is 27.0. The van der Waals surface area contributed by atoms with Gasteiger partial charge in [-0.2, -0.15) is 0 Å². The van der Waals surface area contributed by atoms with E-state index in [9.17, 15) is 18.0 Å². The van der Waals surface area contributed by atoms with Crippen molar-refractivity contribution in [2.45, 2.75) is 11.3 Å². The first-order chi connectivity index (χ1) is 18.2. The van der Waals surface area contributed by atoms with Crippen molar-refractivity contribution in [2.24, 2.45) is 0 Å². The van der Waals surface area contributed by atoms with Gasteiger partial charge in [-0.15, -0.1) is 0 Å². The third kappa shape index (κ3) is 5.90. The van der Waals surface area contributed by atoms with Crippen molar-refractivity contribution < 1.29 is 32.2 Å². The molecule has 3 aromatic rings. The molecule has 1 N–H and O–H groups in total. The number of halogens is 1. The number of hydrogen-bond donors (Lipinski definition) is 1. The molecule has 2 aromatic carbocycles. The maximum atomic E-state index is 13.7. The van der Waals surface area contributed by atoms with Gasteiger partial charge < -0.3 is 19.5 Å². The molecule has 0 saturated carbocycles. The lowest BCUT2D eigenvalue weighted by atomic mass is 10.2. The van der Waals surface area contributed by atoms with Gasteiger partial charge in [-0.1, -0.05) is 29.8 Å². The molecule has 1 aliphatic heterocycles. The van der Waals surface area contributed by atoms with Crippen molar-refractivity contribution in [3.63, 3.8) is 0 Å². The van der Waals surface area contributed by atoms with Crippen LogP contribution in [0.3, 0.4) is 0 Å². The van der Waals surface area contributed by atoms with Gasteiger partial charge in [-0.25, -0.2) is 18.2 Å². The molecule has 0 fully saturated rings. The van der Waals surface area contributed by atoms with Crippen molar-refractivity contribution in [3.05, 3.63) is 77.0 Å². The van der Waals surface area contributed by atoms with E-state index in [0.29, 0.717) is 22.7 Å². The van der Waals surface area contributed by atoms with E-state index in [4.69, 9.17) is 25.8 Å². The van der Waals surface area contributed by atoms with E-state index in [1.54, 1.807) is 18.2 Å². The molecular formula is C26H24ClN3O7S. The number of benzene rings is 2. The summed E-state index contributed by atoms with van der Waals surface area (Å²) >= 11 is 5.76. The van der Waals surface area contributed by atoms with Crippen LogP contribution < -0.4 is 19.1 Å². The third-order valence-electron chi connectivity index (χ3n) is 5.63. The van der Waals surface area contributed by atoms with E-state index in [2.05, 4.69) is 10.3 Å². The maximum Gasteiger partial charge on any atom is 0.331 e. The van der Waals surface area contributed by atoms with Gasteiger partial charge in [0.2, 0.25) is 0 Å². The number of fused-ring (bicyclic) bond motifs is 1. The van der Waals surface area contributed by atoms with Gasteiger partial charge in [0, 0.05) is 18.8 Å². The quantitative estimate of drug-likeness (QED) is 0.312. The average Bonchev–Trinajstić information content (AvgIpc) is 3.36. The number of ether oxygens (including phenoxy) is 3. The number of nitrogens with one attached hydrogen (secondary N) is 1. The van der Waals surface area contributed by atoms with Crippen LogP contribution in [0.4, 0.5) is 11.5 Å². The Kier molecular flexibility index (Phi) is 8.18. The van der Waals surface area contributed by atoms with E-state index >= 15 is 0 Å². The van der Waals surface area contributed by atoms with Crippen LogP contribution in [-0.2, 0) is 30.8 Å². The van der Waals surface area contributed by atoms with Crippen molar-refractivity contribution in [1.29, 1.82) is 0 Å². The van der Waals surface area contributed by atoms with Gasteiger partial charge in [0.05, 0.1) is 24.9 Å². The van der Waals surface area contributed by atoms with Gasteiger partial charge in [-0.05, 0) is 54.0 Å². The molecule has 10 nitrogen and oxygen atoms in total. The number of hydrogen-bond acceptors (Lipinski definition) is 8. The molecule has 4 rings (SSSR count). The van der Waals surface area contributed by atoms with Crippen LogP contribution in [-0.4, -0.2) is 52.6 Å².